The van der Waals surface area contributed by atoms with Gasteiger partial charge >= 0.3 is 5.97 Å². The second-order valence-corrected chi connectivity index (χ2v) is 10.1. The molecule has 0 saturated carbocycles. The highest BCUT2D eigenvalue weighted by Crippen LogP contribution is 2.24. The van der Waals surface area contributed by atoms with Gasteiger partial charge in [-0.15, -0.1) is 0 Å². The van der Waals surface area contributed by atoms with Gasteiger partial charge < -0.3 is 15.7 Å². The molecule has 0 bridgehead atoms. The first kappa shape index (κ1) is 26.1. The van der Waals surface area contributed by atoms with Crippen LogP contribution < -0.4 is 10.6 Å². The van der Waals surface area contributed by atoms with E-state index in [1.807, 2.05) is 41.5 Å². The number of carboxylic acid groups (broad SMARTS) is 1. The second-order valence-electron chi connectivity index (χ2n) is 10.1. The Labute approximate surface area is 169 Å². The summed E-state index contributed by atoms with van der Waals surface area (Å²) >= 11 is 0. The van der Waals surface area contributed by atoms with E-state index in [4.69, 9.17) is 5.11 Å². The molecule has 28 heavy (non-hydrogen) atoms. The van der Waals surface area contributed by atoms with Crippen molar-refractivity contribution in [2.24, 2.45) is 5.41 Å². The lowest BCUT2D eigenvalue weighted by molar-refractivity contribution is -0.139. The molecule has 0 aliphatic rings. The summed E-state index contributed by atoms with van der Waals surface area (Å²) in [6, 6.07) is 0. The second kappa shape index (κ2) is 10.6. The highest BCUT2D eigenvalue weighted by molar-refractivity contribution is 5.82. The molecule has 0 radical (unpaired) electrons. The van der Waals surface area contributed by atoms with Gasteiger partial charge in [0.1, 0.15) is 5.78 Å². The molecule has 0 aliphatic heterocycles. The van der Waals surface area contributed by atoms with Crippen LogP contribution in [-0.2, 0) is 19.2 Å². The van der Waals surface area contributed by atoms with Gasteiger partial charge in [0.05, 0.1) is 6.42 Å². The van der Waals surface area contributed by atoms with Gasteiger partial charge in [-0.3, -0.25) is 19.2 Å². The number of ketones is 1. The Morgan fingerprint density at radius 2 is 1.21 bits per heavy atom. The molecule has 0 rings (SSSR count). The van der Waals surface area contributed by atoms with Crippen LogP contribution in [0.15, 0.2) is 0 Å². The van der Waals surface area contributed by atoms with Crippen molar-refractivity contribution >= 4 is 23.6 Å². The largest absolute Gasteiger partial charge is 0.481 e. The third-order valence-corrected chi connectivity index (χ3v) is 4.11. The van der Waals surface area contributed by atoms with Crippen LogP contribution in [-0.4, -0.2) is 39.8 Å². The molecule has 0 aromatic carbocycles. The summed E-state index contributed by atoms with van der Waals surface area (Å²) in [6.07, 6.45) is 1.35. The Morgan fingerprint density at radius 3 is 1.68 bits per heavy atom. The maximum Gasteiger partial charge on any atom is 0.303 e. The number of nitrogens with one attached hydrogen (secondary N) is 2. The minimum atomic E-state index is -1.04. The first-order chi connectivity index (χ1) is 12.5. The van der Waals surface area contributed by atoms with Crippen LogP contribution in [0.2, 0.25) is 0 Å². The van der Waals surface area contributed by atoms with Crippen LogP contribution in [0.4, 0.5) is 0 Å². The zero-order valence-corrected chi connectivity index (χ0v) is 18.5. The number of aliphatic carboxylic acids is 1. The molecule has 0 spiro atoms. The standard InChI is InChI=1S/C21H38N2O5/c1-19(2,3)14-15(24)10-12-21(7,23-16(25)8-9-18(27)28)13-11-17(26)22-20(4,5)6/h8-14H2,1-7H3,(H,22,26)(H,23,25)(H,27,28). The fourth-order valence-electron chi connectivity index (χ4n) is 2.83. The third-order valence-electron chi connectivity index (χ3n) is 4.11. The number of hydrogen-bond acceptors (Lipinski definition) is 4. The quantitative estimate of drug-likeness (QED) is 0.495. The van der Waals surface area contributed by atoms with E-state index in [0.717, 1.165) is 0 Å². The molecule has 2 amide bonds. The molecule has 0 aromatic rings. The van der Waals surface area contributed by atoms with Crippen molar-refractivity contribution in [3.8, 4) is 0 Å². The van der Waals surface area contributed by atoms with Gasteiger partial charge in [0.25, 0.3) is 0 Å². The van der Waals surface area contributed by atoms with E-state index in [-0.39, 0.29) is 47.8 Å². The summed E-state index contributed by atoms with van der Waals surface area (Å²) in [5.74, 6) is -1.44. The van der Waals surface area contributed by atoms with Crippen molar-refractivity contribution in [3.05, 3.63) is 0 Å². The highest BCUT2D eigenvalue weighted by Gasteiger charge is 2.29. The third kappa shape index (κ3) is 14.2. The molecule has 3 N–H and O–H groups in total. The van der Waals surface area contributed by atoms with Crippen molar-refractivity contribution in [1.29, 1.82) is 0 Å². The maximum atomic E-state index is 12.3. The predicted octanol–water partition coefficient (Wildman–Crippen LogP) is 3.21. The average molecular weight is 399 g/mol. The van der Waals surface area contributed by atoms with Crippen LogP contribution >= 0.6 is 0 Å². The van der Waals surface area contributed by atoms with Gasteiger partial charge in [-0.2, -0.15) is 0 Å². The van der Waals surface area contributed by atoms with Crippen molar-refractivity contribution in [2.45, 2.75) is 104 Å². The predicted molar refractivity (Wildman–Crippen MR) is 109 cm³/mol. The molecule has 7 heteroatoms. The highest BCUT2D eigenvalue weighted by atomic mass is 16.4. The summed E-state index contributed by atoms with van der Waals surface area (Å²) in [5, 5.41) is 14.5. The van der Waals surface area contributed by atoms with Crippen LogP contribution in [0.3, 0.4) is 0 Å². The van der Waals surface area contributed by atoms with Crippen LogP contribution in [0.1, 0.15) is 93.4 Å². The molecule has 0 heterocycles. The molecular formula is C21H38N2O5. The summed E-state index contributed by atoms with van der Waals surface area (Å²) in [5.41, 5.74) is -1.20. The van der Waals surface area contributed by atoms with E-state index in [0.29, 0.717) is 25.7 Å². The summed E-state index contributed by atoms with van der Waals surface area (Å²) in [7, 11) is 0. The Morgan fingerprint density at radius 1 is 0.714 bits per heavy atom. The molecule has 0 saturated heterocycles. The van der Waals surface area contributed by atoms with E-state index in [1.165, 1.54) is 0 Å². The van der Waals surface area contributed by atoms with E-state index in [9.17, 15) is 19.2 Å². The maximum absolute atomic E-state index is 12.3. The van der Waals surface area contributed by atoms with Gasteiger partial charge in [-0.05, 0) is 46.0 Å². The van der Waals surface area contributed by atoms with Crippen LogP contribution in [0, 0.1) is 5.41 Å². The first-order valence-electron chi connectivity index (χ1n) is 9.87. The molecule has 0 aliphatic carbocycles. The lowest BCUT2D eigenvalue weighted by Gasteiger charge is -2.32. The van der Waals surface area contributed by atoms with Crippen LogP contribution in [0.25, 0.3) is 0 Å². The Hall–Kier alpha value is -1.92. The molecular weight excluding hydrogens is 360 g/mol. The lowest BCUT2D eigenvalue weighted by Crippen LogP contribution is -2.48. The summed E-state index contributed by atoms with van der Waals surface area (Å²) < 4.78 is 0. The average Bonchev–Trinajstić information content (AvgIpc) is 2.46. The number of Topliss-reactive ketones (excluding diaryl/α,β-unsaturated/α-hetero) is 1. The fourth-order valence-corrected chi connectivity index (χ4v) is 2.83. The van der Waals surface area contributed by atoms with E-state index >= 15 is 0 Å². The molecule has 162 valence electrons. The van der Waals surface area contributed by atoms with Gasteiger partial charge in [0.15, 0.2) is 0 Å². The van der Waals surface area contributed by atoms with Gasteiger partial charge in [-0.1, -0.05) is 20.8 Å². The summed E-state index contributed by atoms with van der Waals surface area (Å²) in [6.45, 7) is 13.5. The number of hydrogen-bond donors (Lipinski definition) is 3. The number of carboxylic acids is 1. The molecule has 7 nitrogen and oxygen atoms in total. The Kier molecular flexibility index (Phi) is 9.85. The zero-order chi connectivity index (χ0) is 22.2. The Balaban J connectivity index is 4.98. The van der Waals surface area contributed by atoms with Crippen LogP contribution in [0.5, 0.6) is 0 Å². The minimum absolute atomic E-state index is 0.106. The first-order valence-corrected chi connectivity index (χ1v) is 9.87. The van der Waals surface area contributed by atoms with E-state index in [2.05, 4.69) is 10.6 Å². The van der Waals surface area contributed by atoms with Gasteiger partial charge in [-0.25, -0.2) is 0 Å². The monoisotopic (exact) mass is 398 g/mol. The van der Waals surface area contributed by atoms with E-state index in [1.54, 1.807) is 6.92 Å². The number of carbonyl (C=O) groups excluding carboxylic acids is 3. The van der Waals surface area contributed by atoms with Crippen molar-refractivity contribution in [1.82, 2.24) is 10.6 Å². The summed E-state index contributed by atoms with van der Waals surface area (Å²) in [4.78, 5) is 47.3. The molecule has 0 aromatic heterocycles. The normalized spacial score (nSPS) is 14.1. The lowest BCUT2D eigenvalue weighted by atomic mass is 9.84. The smallest absolute Gasteiger partial charge is 0.303 e. The van der Waals surface area contributed by atoms with Crippen molar-refractivity contribution in [3.63, 3.8) is 0 Å². The fraction of sp³-hybridized carbons (Fsp3) is 0.810. The molecule has 0 fully saturated rings. The molecule has 1 unspecified atom stereocenters. The Bertz CT molecular complexity index is 538. The van der Waals surface area contributed by atoms with Gasteiger partial charge in [0, 0.05) is 36.8 Å². The molecule has 1 atom stereocenters. The van der Waals surface area contributed by atoms with E-state index < -0.39 is 11.5 Å². The minimum Gasteiger partial charge on any atom is -0.481 e. The van der Waals surface area contributed by atoms with Crippen molar-refractivity contribution < 1.29 is 24.3 Å². The van der Waals surface area contributed by atoms with Crippen molar-refractivity contribution in [2.75, 3.05) is 0 Å². The van der Waals surface area contributed by atoms with Gasteiger partial charge in [0.2, 0.25) is 11.8 Å². The number of amides is 2. The zero-order valence-electron chi connectivity index (χ0n) is 18.5. The topological polar surface area (TPSA) is 113 Å². The number of carbonyl (C=O) groups is 4. The SMILES string of the molecule is CC(C)(C)CC(=O)CCC(C)(CCC(=O)NC(C)(C)C)NC(=O)CCC(=O)O. The number of rotatable bonds is 11.